The molecule has 32 heavy (non-hydrogen) atoms. The fraction of sp³-hybridized carbons (Fsp3) is 0.480. The minimum atomic E-state index is -0.561. The molecule has 0 bridgehead atoms. The van der Waals surface area contributed by atoms with Gasteiger partial charge in [-0.2, -0.15) is 5.26 Å². The van der Waals surface area contributed by atoms with Gasteiger partial charge in [0, 0.05) is 12.2 Å². The molecule has 0 aromatic heterocycles. The lowest BCUT2D eigenvalue weighted by Gasteiger charge is -2.29. The number of benzene rings is 1. The summed E-state index contributed by atoms with van der Waals surface area (Å²) in [5.74, 6) is 0.741. The normalized spacial score (nSPS) is 20.3. The second-order valence-electron chi connectivity index (χ2n) is 8.47. The number of ether oxygens (including phenoxy) is 3. The molecule has 1 aromatic carbocycles. The molecule has 1 fully saturated rings. The van der Waals surface area contributed by atoms with E-state index >= 15 is 0 Å². The molecule has 1 aromatic rings. The lowest BCUT2D eigenvalue weighted by Crippen LogP contribution is -2.46. The van der Waals surface area contributed by atoms with Gasteiger partial charge in [0.15, 0.2) is 11.5 Å². The molecule has 2 amide bonds. The molecule has 2 heterocycles. The highest BCUT2D eigenvalue weighted by molar-refractivity contribution is 6.19. The first-order chi connectivity index (χ1) is 15.3. The van der Waals surface area contributed by atoms with Crippen molar-refractivity contribution in [1.82, 2.24) is 4.90 Å². The van der Waals surface area contributed by atoms with Crippen molar-refractivity contribution in [3.05, 3.63) is 40.5 Å². The lowest BCUT2D eigenvalue weighted by molar-refractivity contribution is -0.142. The largest absolute Gasteiger partial charge is 0.493 e. The van der Waals surface area contributed by atoms with Crippen LogP contribution in [0.3, 0.4) is 0 Å². The molecule has 3 rings (SSSR count). The van der Waals surface area contributed by atoms with E-state index in [2.05, 4.69) is 13.8 Å². The number of carbonyl (C=O) groups excluding carboxylic acids is 2. The first-order valence-electron chi connectivity index (χ1n) is 11.0. The summed E-state index contributed by atoms with van der Waals surface area (Å²) in [5, 5.41) is 9.56. The van der Waals surface area contributed by atoms with Gasteiger partial charge >= 0.3 is 0 Å². The summed E-state index contributed by atoms with van der Waals surface area (Å²) < 4.78 is 16.9. The smallest absolute Gasteiger partial charge is 0.271 e. The zero-order valence-electron chi connectivity index (χ0n) is 19.1. The third-order valence-electron chi connectivity index (χ3n) is 5.69. The number of imide groups is 1. The van der Waals surface area contributed by atoms with Crippen LogP contribution in [-0.4, -0.2) is 49.7 Å². The minimum Gasteiger partial charge on any atom is -0.493 e. The lowest BCUT2D eigenvalue weighted by atomic mass is 9.93. The van der Waals surface area contributed by atoms with E-state index in [-0.39, 0.29) is 18.2 Å². The maximum Gasteiger partial charge on any atom is 0.271 e. The number of nitriles is 1. The summed E-state index contributed by atoms with van der Waals surface area (Å²) >= 11 is 0. The molecule has 0 saturated carbocycles. The summed E-state index contributed by atoms with van der Waals surface area (Å²) in [5.41, 5.74) is 1.39. The van der Waals surface area contributed by atoms with Crippen molar-refractivity contribution in [3.8, 4) is 17.6 Å². The maximum absolute atomic E-state index is 13.2. The summed E-state index contributed by atoms with van der Waals surface area (Å²) in [6.07, 6.45) is 4.11. The summed E-state index contributed by atoms with van der Waals surface area (Å²) in [4.78, 5) is 27.1. The summed E-state index contributed by atoms with van der Waals surface area (Å²) in [7, 11) is 1.56. The van der Waals surface area contributed by atoms with Crippen LogP contribution < -0.4 is 9.47 Å². The topological polar surface area (TPSA) is 88.9 Å². The highest BCUT2D eigenvalue weighted by Crippen LogP contribution is 2.32. The van der Waals surface area contributed by atoms with Crippen LogP contribution in [0.2, 0.25) is 0 Å². The van der Waals surface area contributed by atoms with Crippen LogP contribution in [0.1, 0.15) is 45.6 Å². The van der Waals surface area contributed by atoms with E-state index in [0.717, 1.165) is 24.2 Å². The Balaban J connectivity index is 1.90. The Morgan fingerprint density at radius 3 is 2.69 bits per heavy atom. The fourth-order valence-corrected chi connectivity index (χ4v) is 3.75. The third-order valence-corrected chi connectivity index (χ3v) is 5.69. The third kappa shape index (κ3) is 5.20. The number of amides is 2. The second kappa shape index (κ2) is 10.5. The number of carbonyl (C=O) groups is 2. The molecule has 0 aliphatic carbocycles. The van der Waals surface area contributed by atoms with Gasteiger partial charge in [-0.15, -0.1) is 0 Å². The molecule has 7 heteroatoms. The second-order valence-corrected chi connectivity index (χ2v) is 8.47. The van der Waals surface area contributed by atoms with Gasteiger partial charge in [0.05, 0.1) is 26.4 Å². The molecule has 1 saturated heterocycles. The van der Waals surface area contributed by atoms with Gasteiger partial charge in [-0.1, -0.05) is 19.9 Å². The molecule has 0 N–H and O–H groups in total. The molecule has 0 spiro atoms. The van der Waals surface area contributed by atoms with Gasteiger partial charge in [0.2, 0.25) is 0 Å². The average molecular weight is 439 g/mol. The molecular weight excluding hydrogens is 408 g/mol. The summed E-state index contributed by atoms with van der Waals surface area (Å²) in [6, 6.07) is 7.38. The van der Waals surface area contributed by atoms with E-state index in [1.54, 1.807) is 32.2 Å². The Bertz CT molecular complexity index is 981. The van der Waals surface area contributed by atoms with Crippen molar-refractivity contribution in [2.75, 3.05) is 26.9 Å². The molecule has 1 unspecified atom stereocenters. The van der Waals surface area contributed by atoms with Crippen molar-refractivity contribution in [3.63, 3.8) is 0 Å². The van der Waals surface area contributed by atoms with Crippen LogP contribution in [0.5, 0.6) is 11.5 Å². The highest BCUT2D eigenvalue weighted by atomic mass is 16.5. The van der Waals surface area contributed by atoms with Crippen molar-refractivity contribution < 1.29 is 23.8 Å². The van der Waals surface area contributed by atoms with Gasteiger partial charge in [0.1, 0.15) is 11.6 Å². The van der Waals surface area contributed by atoms with E-state index < -0.39 is 11.8 Å². The van der Waals surface area contributed by atoms with Gasteiger partial charge in [-0.3, -0.25) is 14.5 Å². The Hall–Kier alpha value is -3.11. The zero-order valence-corrected chi connectivity index (χ0v) is 19.1. The minimum absolute atomic E-state index is 0.0190. The van der Waals surface area contributed by atoms with Crippen LogP contribution in [-0.2, 0) is 14.3 Å². The first-order valence-corrected chi connectivity index (χ1v) is 11.0. The quantitative estimate of drug-likeness (QED) is 0.452. The van der Waals surface area contributed by atoms with Crippen molar-refractivity contribution in [1.29, 1.82) is 5.26 Å². The number of rotatable bonds is 8. The van der Waals surface area contributed by atoms with Gasteiger partial charge in [-0.05, 0) is 61.4 Å². The van der Waals surface area contributed by atoms with E-state index in [4.69, 9.17) is 14.2 Å². The Kier molecular flexibility index (Phi) is 7.70. The average Bonchev–Trinajstić information content (AvgIpc) is 3.28. The first kappa shape index (κ1) is 23.6. The van der Waals surface area contributed by atoms with Crippen molar-refractivity contribution in [2.24, 2.45) is 5.92 Å². The predicted molar refractivity (Wildman–Crippen MR) is 120 cm³/mol. The number of nitrogens with zero attached hydrogens (tertiary/aromatic N) is 2. The van der Waals surface area contributed by atoms with Gasteiger partial charge in [-0.25, -0.2) is 0 Å². The Morgan fingerprint density at radius 2 is 2.06 bits per heavy atom. The van der Waals surface area contributed by atoms with E-state index in [9.17, 15) is 14.9 Å². The SMILES string of the molecule is COc1cc(/C=C2/C(=O)N(CC3CCCO3)C(=O)C(C#N)=C2C)ccc1OCCC(C)C. The Labute approximate surface area is 189 Å². The molecule has 2 aliphatic heterocycles. The fourth-order valence-electron chi connectivity index (χ4n) is 3.75. The van der Waals surface area contributed by atoms with E-state index in [1.807, 2.05) is 12.1 Å². The standard InChI is InChI=1S/C25H30N2O5/c1-16(2)9-11-32-22-8-7-18(13-23(22)30-4)12-20-17(3)21(14-26)25(29)27(24(20)28)15-19-6-5-10-31-19/h7-8,12-13,16,19H,5-6,9-11,15H2,1-4H3/b20-12+. The predicted octanol–water partition coefficient (Wildman–Crippen LogP) is 3.89. The number of hydrogen-bond donors (Lipinski definition) is 0. The molecule has 2 aliphatic rings. The van der Waals surface area contributed by atoms with Crippen molar-refractivity contribution in [2.45, 2.75) is 46.1 Å². The van der Waals surface area contributed by atoms with Gasteiger partial charge in [0.25, 0.3) is 11.8 Å². The molecule has 7 nitrogen and oxygen atoms in total. The zero-order chi connectivity index (χ0) is 23.3. The van der Waals surface area contributed by atoms with Crippen LogP contribution in [0, 0.1) is 17.2 Å². The summed E-state index contributed by atoms with van der Waals surface area (Å²) in [6.45, 7) is 7.25. The van der Waals surface area contributed by atoms with E-state index in [1.165, 1.54) is 0 Å². The Morgan fingerprint density at radius 1 is 1.28 bits per heavy atom. The van der Waals surface area contributed by atoms with E-state index in [0.29, 0.717) is 47.3 Å². The van der Waals surface area contributed by atoms with Crippen LogP contribution in [0.25, 0.3) is 6.08 Å². The number of hydrogen-bond acceptors (Lipinski definition) is 6. The monoisotopic (exact) mass is 438 g/mol. The van der Waals surface area contributed by atoms with Crippen molar-refractivity contribution >= 4 is 17.9 Å². The van der Waals surface area contributed by atoms with Crippen LogP contribution in [0.15, 0.2) is 34.9 Å². The molecular formula is C25H30N2O5. The van der Waals surface area contributed by atoms with Crippen LogP contribution >= 0.6 is 0 Å². The maximum atomic E-state index is 13.2. The molecule has 170 valence electrons. The highest BCUT2D eigenvalue weighted by Gasteiger charge is 2.37. The molecule has 1 atom stereocenters. The van der Waals surface area contributed by atoms with Gasteiger partial charge < -0.3 is 14.2 Å². The number of methoxy groups -OCH3 is 1. The molecule has 0 radical (unpaired) electrons. The van der Waals surface area contributed by atoms with Crippen LogP contribution in [0.4, 0.5) is 0 Å².